The molecule has 8 heteroatoms. The number of nitrogens with one attached hydrogen (secondary N) is 1. The summed E-state index contributed by atoms with van der Waals surface area (Å²) in [5.41, 5.74) is 0.668. The summed E-state index contributed by atoms with van der Waals surface area (Å²) in [6.07, 6.45) is 3.67. The molecule has 0 aromatic carbocycles. The largest absolute Gasteiger partial charge is 0.357 e. The lowest BCUT2D eigenvalue weighted by Gasteiger charge is -2.32. The highest BCUT2D eigenvalue weighted by Crippen LogP contribution is 2.27. The minimum Gasteiger partial charge on any atom is -0.357 e. The standard InChI is InChI=1S/C19H29N7O/c1-23-10-12-25(13-11-23)14-17-21-22-18(24(17)2)15-5-8-26(9-6-15)19(27)16-4-3-7-20-16/h3-4,7,15,20H,5-6,8-14H2,1-2H3. The number of hydrogen-bond acceptors (Lipinski definition) is 5. The van der Waals surface area contributed by atoms with E-state index in [0.717, 1.165) is 70.3 Å². The molecule has 1 amide bonds. The Kier molecular flexibility index (Phi) is 5.27. The van der Waals surface area contributed by atoms with Gasteiger partial charge in [-0.15, -0.1) is 10.2 Å². The van der Waals surface area contributed by atoms with Crippen LogP contribution in [0.2, 0.25) is 0 Å². The van der Waals surface area contributed by atoms with E-state index in [0.29, 0.717) is 11.6 Å². The first-order chi connectivity index (χ1) is 13.1. The number of nitrogens with zero attached hydrogens (tertiary/aromatic N) is 6. The summed E-state index contributed by atoms with van der Waals surface area (Å²) < 4.78 is 2.17. The fourth-order valence-electron chi connectivity index (χ4n) is 4.05. The molecule has 0 saturated carbocycles. The number of carbonyl (C=O) groups excluding carboxylic acids is 1. The fraction of sp³-hybridized carbons (Fsp3) is 0.632. The molecular weight excluding hydrogens is 342 g/mol. The van der Waals surface area contributed by atoms with Gasteiger partial charge in [0.1, 0.15) is 17.3 Å². The van der Waals surface area contributed by atoms with E-state index in [-0.39, 0.29) is 5.91 Å². The molecule has 2 saturated heterocycles. The number of carbonyl (C=O) groups is 1. The maximum Gasteiger partial charge on any atom is 0.270 e. The van der Waals surface area contributed by atoms with Gasteiger partial charge in [0, 0.05) is 58.4 Å². The molecule has 0 bridgehead atoms. The quantitative estimate of drug-likeness (QED) is 0.865. The van der Waals surface area contributed by atoms with Gasteiger partial charge >= 0.3 is 0 Å². The Bertz CT molecular complexity index is 753. The zero-order valence-electron chi connectivity index (χ0n) is 16.3. The smallest absolute Gasteiger partial charge is 0.270 e. The maximum atomic E-state index is 12.5. The van der Waals surface area contributed by atoms with Crippen LogP contribution in [-0.4, -0.2) is 86.7 Å². The summed E-state index contributed by atoms with van der Waals surface area (Å²) in [6, 6.07) is 3.70. The number of rotatable bonds is 4. The van der Waals surface area contributed by atoms with Gasteiger partial charge in [-0.3, -0.25) is 9.69 Å². The average molecular weight is 371 g/mol. The van der Waals surface area contributed by atoms with Gasteiger partial charge in [-0.25, -0.2) is 0 Å². The summed E-state index contributed by atoms with van der Waals surface area (Å²) in [6.45, 7) is 6.78. The second-order valence-corrected chi connectivity index (χ2v) is 7.76. The third-order valence-corrected chi connectivity index (χ3v) is 5.94. The first-order valence-electron chi connectivity index (χ1n) is 9.83. The minimum absolute atomic E-state index is 0.0900. The molecule has 4 heterocycles. The van der Waals surface area contributed by atoms with Crippen molar-refractivity contribution in [3.8, 4) is 0 Å². The number of piperidine rings is 1. The number of amides is 1. The van der Waals surface area contributed by atoms with Gasteiger partial charge in [-0.1, -0.05) is 0 Å². The lowest BCUT2D eigenvalue weighted by Crippen LogP contribution is -2.44. The van der Waals surface area contributed by atoms with E-state index in [4.69, 9.17) is 0 Å². The van der Waals surface area contributed by atoms with Crippen molar-refractivity contribution in [1.29, 1.82) is 0 Å². The lowest BCUT2D eigenvalue weighted by molar-refractivity contribution is 0.0705. The van der Waals surface area contributed by atoms with Gasteiger partial charge in [-0.2, -0.15) is 0 Å². The van der Waals surface area contributed by atoms with Crippen molar-refractivity contribution >= 4 is 5.91 Å². The molecule has 0 atom stereocenters. The minimum atomic E-state index is 0.0900. The Hall–Kier alpha value is -2.19. The van der Waals surface area contributed by atoms with E-state index in [1.54, 1.807) is 6.20 Å². The Morgan fingerprint density at radius 2 is 1.85 bits per heavy atom. The van der Waals surface area contributed by atoms with Crippen LogP contribution >= 0.6 is 0 Å². The molecule has 2 aliphatic rings. The molecule has 4 rings (SSSR count). The molecule has 2 fully saturated rings. The van der Waals surface area contributed by atoms with Crippen molar-refractivity contribution in [2.75, 3.05) is 46.3 Å². The molecular formula is C19H29N7O. The Morgan fingerprint density at radius 1 is 1.11 bits per heavy atom. The van der Waals surface area contributed by atoms with Crippen LogP contribution in [0.1, 0.15) is 40.9 Å². The number of hydrogen-bond donors (Lipinski definition) is 1. The van der Waals surface area contributed by atoms with Crippen molar-refractivity contribution in [1.82, 2.24) is 34.4 Å². The Morgan fingerprint density at radius 3 is 2.52 bits per heavy atom. The van der Waals surface area contributed by atoms with Crippen LogP contribution in [0.4, 0.5) is 0 Å². The molecule has 2 aromatic heterocycles. The molecule has 2 aliphatic heterocycles. The van der Waals surface area contributed by atoms with Crippen molar-refractivity contribution in [2.24, 2.45) is 7.05 Å². The number of piperazine rings is 1. The second-order valence-electron chi connectivity index (χ2n) is 7.76. The zero-order chi connectivity index (χ0) is 18.8. The molecule has 1 N–H and O–H groups in total. The van der Waals surface area contributed by atoms with Crippen LogP contribution in [0.15, 0.2) is 18.3 Å². The predicted octanol–water partition coefficient (Wildman–Crippen LogP) is 0.910. The normalized spacial score (nSPS) is 20.3. The van der Waals surface area contributed by atoms with Gasteiger partial charge < -0.3 is 19.4 Å². The molecule has 0 unspecified atom stereocenters. The van der Waals surface area contributed by atoms with Crippen molar-refractivity contribution in [3.05, 3.63) is 35.7 Å². The Balaban J connectivity index is 1.35. The van der Waals surface area contributed by atoms with Gasteiger partial charge in [0.2, 0.25) is 0 Å². The second kappa shape index (κ2) is 7.82. The molecule has 2 aromatic rings. The van der Waals surface area contributed by atoms with Crippen LogP contribution in [0.3, 0.4) is 0 Å². The van der Waals surface area contributed by atoms with Crippen LogP contribution in [0.5, 0.6) is 0 Å². The SMILES string of the molecule is CN1CCN(Cc2nnc(C3CCN(C(=O)c4ccc[nH]4)CC3)n2C)CC1. The van der Waals surface area contributed by atoms with E-state index >= 15 is 0 Å². The third-order valence-electron chi connectivity index (χ3n) is 5.94. The Labute approximate surface area is 160 Å². The van der Waals surface area contributed by atoms with E-state index in [1.807, 2.05) is 17.0 Å². The zero-order valence-corrected chi connectivity index (χ0v) is 16.3. The van der Waals surface area contributed by atoms with Crippen LogP contribution in [0.25, 0.3) is 0 Å². The maximum absolute atomic E-state index is 12.5. The summed E-state index contributed by atoms with van der Waals surface area (Å²) >= 11 is 0. The number of likely N-dealkylation sites (N-methyl/N-ethyl adjacent to an activating group) is 1. The summed E-state index contributed by atoms with van der Waals surface area (Å²) in [5, 5.41) is 8.98. The highest BCUT2D eigenvalue weighted by molar-refractivity contribution is 5.92. The summed E-state index contributed by atoms with van der Waals surface area (Å²) in [4.78, 5) is 22.2. The van der Waals surface area contributed by atoms with Gasteiger partial charge in [0.25, 0.3) is 5.91 Å². The highest BCUT2D eigenvalue weighted by Gasteiger charge is 2.28. The van der Waals surface area contributed by atoms with E-state index in [2.05, 4.69) is 43.6 Å². The van der Waals surface area contributed by atoms with E-state index in [1.165, 1.54) is 0 Å². The van der Waals surface area contributed by atoms with Gasteiger partial charge in [0.05, 0.1) is 6.54 Å². The van der Waals surface area contributed by atoms with Crippen molar-refractivity contribution < 1.29 is 4.79 Å². The summed E-state index contributed by atoms with van der Waals surface area (Å²) in [7, 11) is 4.25. The summed E-state index contributed by atoms with van der Waals surface area (Å²) in [5.74, 6) is 2.56. The predicted molar refractivity (Wildman–Crippen MR) is 102 cm³/mol. The molecule has 146 valence electrons. The molecule has 0 radical (unpaired) electrons. The molecule has 8 nitrogen and oxygen atoms in total. The van der Waals surface area contributed by atoms with Crippen LogP contribution < -0.4 is 0 Å². The molecule has 0 aliphatic carbocycles. The average Bonchev–Trinajstić information content (AvgIpc) is 3.34. The lowest BCUT2D eigenvalue weighted by atomic mass is 9.95. The molecule has 0 spiro atoms. The number of H-pyrrole nitrogens is 1. The monoisotopic (exact) mass is 371 g/mol. The fourth-order valence-corrected chi connectivity index (χ4v) is 4.05. The first-order valence-corrected chi connectivity index (χ1v) is 9.83. The van der Waals surface area contributed by atoms with Crippen LogP contribution in [0, 0.1) is 0 Å². The van der Waals surface area contributed by atoms with Gasteiger partial charge in [0.15, 0.2) is 0 Å². The van der Waals surface area contributed by atoms with Gasteiger partial charge in [-0.05, 0) is 32.0 Å². The van der Waals surface area contributed by atoms with Crippen LogP contribution in [-0.2, 0) is 13.6 Å². The number of likely N-dealkylation sites (tertiary alicyclic amines) is 1. The third kappa shape index (κ3) is 3.91. The van der Waals surface area contributed by atoms with Crippen molar-refractivity contribution in [2.45, 2.75) is 25.3 Å². The van der Waals surface area contributed by atoms with Crippen molar-refractivity contribution in [3.63, 3.8) is 0 Å². The van der Waals surface area contributed by atoms with E-state index < -0.39 is 0 Å². The number of aromatic nitrogens is 4. The number of aromatic amines is 1. The topological polar surface area (TPSA) is 73.3 Å². The molecule has 27 heavy (non-hydrogen) atoms. The van der Waals surface area contributed by atoms with E-state index in [9.17, 15) is 4.79 Å². The first kappa shape index (κ1) is 18.2. The highest BCUT2D eigenvalue weighted by atomic mass is 16.2.